The number of nitrogens with two attached hydrogens (primary N) is 1. The molecule has 0 bridgehead atoms. The second-order valence-electron chi connectivity index (χ2n) is 6.20. The van der Waals surface area contributed by atoms with Gasteiger partial charge in [-0.2, -0.15) is 0 Å². The van der Waals surface area contributed by atoms with Gasteiger partial charge in [0.15, 0.2) is 0 Å². The smallest absolute Gasteiger partial charge is 0.319 e. The van der Waals surface area contributed by atoms with Crippen LogP contribution in [0.1, 0.15) is 33.6 Å². The molecule has 1 heterocycles. The van der Waals surface area contributed by atoms with E-state index in [0.717, 1.165) is 19.5 Å². The quantitative estimate of drug-likeness (QED) is 0.818. The van der Waals surface area contributed by atoms with E-state index in [4.69, 9.17) is 5.73 Å². The van der Waals surface area contributed by atoms with Crippen LogP contribution in [0.5, 0.6) is 0 Å². The molecule has 1 atom stereocenters. The predicted molar refractivity (Wildman–Crippen MR) is 70.8 cm³/mol. The Balaban J connectivity index is 2.51. The molecule has 0 aromatic heterocycles. The van der Waals surface area contributed by atoms with Crippen molar-refractivity contribution >= 4 is 6.03 Å². The highest BCUT2D eigenvalue weighted by molar-refractivity contribution is 5.74. The monoisotopic (exact) mass is 241 g/mol. The van der Waals surface area contributed by atoms with E-state index in [9.17, 15) is 4.79 Å². The maximum absolute atomic E-state index is 12.2. The van der Waals surface area contributed by atoms with Gasteiger partial charge in [-0.15, -0.1) is 0 Å². The van der Waals surface area contributed by atoms with E-state index >= 15 is 0 Å². The summed E-state index contributed by atoms with van der Waals surface area (Å²) in [5.74, 6) is 0.628. The van der Waals surface area contributed by atoms with E-state index in [1.807, 2.05) is 16.8 Å². The fourth-order valence-corrected chi connectivity index (χ4v) is 2.38. The average molecular weight is 241 g/mol. The van der Waals surface area contributed by atoms with E-state index in [2.05, 4.69) is 20.8 Å². The number of amides is 2. The summed E-state index contributed by atoms with van der Waals surface area (Å²) < 4.78 is 0. The van der Waals surface area contributed by atoms with Gasteiger partial charge >= 0.3 is 6.03 Å². The van der Waals surface area contributed by atoms with Crippen LogP contribution in [0, 0.1) is 11.3 Å². The maximum atomic E-state index is 12.2. The van der Waals surface area contributed by atoms with Crippen LogP contribution in [-0.4, -0.2) is 49.1 Å². The molecule has 2 N–H and O–H groups in total. The van der Waals surface area contributed by atoms with E-state index in [0.29, 0.717) is 19.0 Å². The van der Waals surface area contributed by atoms with Crippen LogP contribution in [0.3, 0.4) is 0 Å². The van der Waals surface area contributed by atoms with Crippen LogP contribution in [0.2, 0.25) is 0 Å². The Labute approximate surface area is 105 Å². The molecule has 1 saturated heterocycles. The van der Waals surface area contributed by atoms with Crippen LogP contribution in [-0.2, 0) is 0 Å². The zero-order valence-electron chi connectivity index (χ0n) is 11.7. The molecule has 1 aliphatic rings. The van der Waals surface area contributed by atoms with Crippen LogP contribution < -0.4 is 5.73 Å². The standard InChI is InChI=1S/C13H27N3O/c1-11-6-5-7-16(8-11)12(17)15(4)10-13(2,3)9-14/h11H,5-10,14H2,1-4H3. The first-order valence-corrected chi connectivity index (χ1v) is 6.56. The molecule has 0 saturated carbocycles. The minimum absolute atomic E-state index is 0.00812. The van der Waals surface area contributed by atoms with Gasteiger partial charge in [-0.05, 0) is 30.7 Å². The molecule has 0 aliphatic carbocycles. The van der Waals surface area contributed by atoms with Crippen LogP contribution in [0.4, 0.5) is 4.79 Å². The molecule has 0 spiro atoms. The molecular formula is C13H27N3O. The molecular weight excluding hydrogens is 214 g/mol. The van der Waals surface area contributed by atoms with Gasteiger partial charge in [0.05, 0.1) is 0 Å². The Kier molecular flexibility index (Phi) is 4.80. The minimum Gasteiger partial charge on any atom is -0.330 e. The zero-order valence-corrected chi connectivity index (χ0v) is 11.7. The Bertz CT molecular complexity index is 265. The third kappa shape index (κ3) is 4.19. The zero-order chi connectivity index (χ0) is 13.1. The van der Waals surface area contributed by atoms with Gasteiger partial charge in [-0.3, -0.25) is 0 Å². The fraction of sp³-hybridized carbons (Fsp3) is 0.923. The number of nitrogens with zero attached hydrogens (tertiary/aromatic N) is 2. The molecule has 17 heavy (non-hydrogen) atoms. The summed E-state index contributed by atoms with van der Waals surface area (Å²) in [7, 11) is 1.87. The van der Waals surface area contributed by atoms with E-state index < -0.39 is 0 Å². The Morgan fingerprint density at radius 2 is 2.18 bits per heavy atom. The van der Waals surface area contributed by atoms with Gasteiger partial charge < -0.3 is 15.5 Å². The molecule has 0 aromatic rings. The van der Waals surface area contributed by atoms with E-state index in [1.54, 1.807) is 0 Å². The molecule has 1 fully saturated rings. The normalized spacial score (nSPS) is 21.5. The van der Waals surface area contributed by atoms with Gasteiger partial charge in [0.2, 0.25) is 0 Å². The van der Waals surface area contributed by atoms with Crippen LogP contribution in [0.15, 0.2) is 0 Å². The summed E-state index contributed by atoms with van der Waals surface area (Å²) in [6.07, 6.45) is 2.36. The number of piperidine rings is 1. The maximum Gasteiger partial charge on any atom is 0.319 e. The fourth-order valence-electron chi connectivity index (χ4n) is 2.38. The van der Waals surface area contributed by atoms with Crippen molar-refractivity contribution in [2.24, 2.45) is 17.1 Å². The Hall–Kier alpha value is -0.770. The highest BCUT2D eigenvalue weighted by Gasteiger charge is 2.26. The number of rotatable bonds is 3. The summed E-state index contributed by atoms with van der Waals surface area (Å²) >= 11 is 0. The van der Waals surface area contributed by atoms with Gasteiger partial charge in [-0.25, -0.2) is 4.79 Å². The molecule has 1 unspecified atom stereocenters. The lowest BCUT2D eigenvalue weighted by molar-refractivity contribution is 0.126. The molecule has 4 nitrogen and oxygen atoms in total. The topological polar surface area (TPSA) is 49.6 Å². The molecule has 2 amide bonds. The number of hydrogen-bond acceptors (Lipinski definition) is 2. The first kappa shape index (κ1) is 14.3. The van der Waals surface area contributed by atoms with Crippen LogP contribution >= 0.6 is 0 Å². The minimum atomic E-state index is -0.00812. The van der Waals surface area contributed by atoms with Crippen LogP contribution in [0.25, 0.3) is 0 Å². The average Bonchev–Trinajstić information content (AvgIpc) is 2.27. The first-order valence-electron chi connectivity index (χ1n) is 6.56. The van der Waals surface area contributed by atoms with Crippen molar-refractivity contribution in [1.82, 2.24) is 9.80 Å². The van der Waals surface area contributed by atoms with E-state index in [1.165, 1.54) is 6.42 Å². The lowest BCUT2D eigenvalue weighted by atomic mass is 9.93. The van der Waals surface area contributed by atoms with Gasteiger partial charge in [0.25, 0.3) is 0 Å². The summed E-state index contributed by atoms with van der Waals surface area (Å²) in [6, 6.07) is 0.151. The molecule has 100 valence electrons. The third-order valence-corrected chi connectivity index (χ3v) is 3.47. The largest absolute Gasteiger partial charge is 0.330 e. The summed E-state index contributed by atoms with van der Waals surface area (Å²) in [5.41, 5.74) is 5.70. The number of urea groups is 1. The van der Waals surface area contributed by atoms with Gasteiger partial charge in [0.1, 0.15) is 0 Å². The summed E-state index contributed by atoms with van der Waals surface area (Å²) in [4.78, 5) is 16.0. The molecule has 1 rings (SSSR count). The molecule has 4 heteroatoms. The third-order valence-electron chi connectivity index (χ3n) is 3.47. The predicted octanol–water partition coefficient (Wildman–Crippen LogP) is 1.76. The second kappa shape index (κ2) is 5.71. The Morgan fingerprint density at radius 1 is 1.53 bits per heavy atom. The second-order valence-corrected chi connectivity index (χ2v) is 6.20. The summed E-state index contributed by atoms with van der Waals surface area (Å²) in [6.45, 7) is 9.51. The molecule has 1 aliphatic heterocycles. The highest BCUT2D eigenvalue weighted by atomic mass is 16.2. The van der Waals surface area contributed by atoms with Crippen molar-refractivity contribution in [1.29, 1.82) is 0 Å². The summed E-state index contributed by atoms with van der Waals surface area (Å²) in [5, 5.41) is 0. The number of carbonyl (C=O) groups excluding carboxylic acids is 1. The van der Waals surface area contributed by atoms with Crippen molar-refractivity contribution in [3.05, 3.63) is 0 Å². The van der Waals surface area contributed by atoms with Crippen molar-refractivity contribution in [3.8, 4) is 0 Å². The lowest BCUT2D eigenvalue weighted by Crippen LogP contribution is -2.49. The first-order chi connectivity index (χ1) is 7.85. The number of likely N-dealkylation sites (tertiary alicyclic amines) is 1. The van der Waals surface area contributed by atoms with Crippen molar-refractivity contribution in [3.63, 3.8) is 0 Å². The van der Waals surface area contributed by atoms with Crippen molar-refractivity contribution in [2.75, 3.05) is 33.2 Å². The van der Waals surface area contributed by atoms with Crippen molar-refractivity contribution < 1.29 is 4.79 Å². The van der Waals surface area contributed by atoms with Gasteiger partial charge in [0, 0.05) is 26.7 Å². The Morgan fingerprint density at radius 3 is 2.71 bits per heavy atom. The number of carbonyl (C=O) groups is 1. The SMILES string of the molecule is CC1CCCN(C(=O)N(C)CC(C)(C)CN)C1. The molecule has 0 aromatic carbocycles. The van der Waals surface area contributed by atoms with Crippen molar-refractivity contribution in [2.45, 2.75) is 33.6 Å². The molecule has 0 radical (unpaired) electrons. The highest BCUT2D eigenvalue weighted by Crippen LogP contribution is 2.19. The number of hydrogen-bond donors (Lipinski definition) is 1. The van der Waals surface area contributed by atoms with E-state index in [-0.39, 0.29) is 11.4 Å². The van der Waals surface area contributed by atoms with Gasteiger partial charge in [-0.1, -0.05) is 20.8 Å². The lowest BCUT2D eigenvalue weighted by Gasteiger charge is -2.36.